The van der Waals surface area contributed by atoms with Crippen molar-refractivity contribution in [2.45, 2.75) is 13.0 Å². The van der Waals surface area contributed by atoms with E-state index in [9.17, 15) is 4.79 Å². The van der Waals surface area contributed by atoms with Gasteiger partial charge in [-0.3, -0.25) is 5.10 Å². The summed E-state index contributed by atoms with van der Waals surface area (Å²) in [6, 6.07) is 0. The van der Waals surface area contributed by atoms with E-state index in [0.29, 0.717) is 0 Å². The molecule has 0 saturated carbocycles. The van der Waals surface area contributed by atoms with Crippen LogP contribution in [0.15, 0.2) is 0 Å². The molecule has 1 atom stereocenters. The Labute approximate surface area is 68.0 Å². The number of carboxylic acids is 1. The van der Waals surface area contributed by atoms with Crippen molar-refractivity contribution >= 4 is 11.8 Å². The topological polar surface area (TPSA) is 112 Å². The molecule has 0 aliphatic rings. The first-order chi connectivity index (χ1) is 5.54. The van der Waals surface area contributed by atoms with E-state index in [-0.39, 0.29) is 17.1 Å². The van der Waals surface area contributed by atoms with E-state index >= 15 is 0 Å². The molecule has 66 valence electrons. The highest BCUT2D eigenvalue weighted by Crippen LogP contribution is 2.19. The molecule has 1 heterocycles. The SMILES string of the molecule is CC(O)c1[nH]nc(N)c1C(=O)O. The second kappa shape index (κ2) is 2.82. The number of hydrogen-bond acceptors (Lipinski definition) is 4. The van der Waals surface area contributed by atoms with E-state index in [1.807, 2.05) is 0 Å². The fraction of sp³-hybridized carbons (Fsp3) is 0.333. The minimum atomic E-state index is -1.20. The van der Waals surface area contributed by atoms with Crippen LogP contribution in [0.3, 0.4) is 0 Å². The van der Waals surface area contributed by atoms with Gasteiger partial charge in [-0.15, -0.1) is 0 Å². The first-order valence-corrected chi connectivity index (χ1v) is 3.29. The third-order valence-corrected chi connectivity index (χ3v) is 1.45. The van der Waals surface area contributed by atoms with Crippen LogP contribution in [0.25, 0.3) is 0 Å². The van der Waals surface area contributed by atoms with Crippen molar-refractivity contribution < 1.29 is 15.0 Å². The zero-order valence-corrected chi connectivity index (χ0v) is 6.40. The van der Waals surface area contributed by atoms with Crippen LogP contribution in [-0.4, -0.2) is 26.4 Å². The average molecular weight is 171 g/mol. The summed E-state index contributed by atoms with van der Waals surface area (Å²) in [5.41, 5.74) is 5.21. The number of aliphatic hydroxyl groups excluding tert-OH is 1. The van der Waals surface area contributed by atoms with Crippen LogP contribution in [-0.2, 0) is 0 Å². The molecule has 0 saturated heterocycles. The highest BCUT2D eigenvalue weighted by molar-refractivity contribution is 5.94. The molecule has 0 spiro atoms. The van der Waals surface area contributed by atoms with Crippen LogP contribution in [0, 0.1) is 0 Å². The van der Waals surface area contributed by atoms with Crippen LogP contribution in [0.5, 0.6) is 0 Å². The number of aromatic amines is 1. The van der Waals surface area contributed by atoms with Gasteiger partial charge in [0.15, 0.2) is 5.82 Å². The Bertz CT molecular complexity index is 305. The third-order valence-electron chi connectivity index (χ3n) is 1.45. The Morgan fingerprint density at radius 1 is 1.75 bits per heavy atom. The van der Waals surface area contributed by atoms with Gasteiger partial charge in [0.1, 0.15) is 5.56 Å². The number of carbonyl (C=O) groups is 1. The highest BCUT2D eigenvalue weighted by Gasteiger charge is 2.20. The van der Waals surface area contributed by atoms with Crippen molar-refractivity contribution in [1.29, 1.82) is 0 Å². The Morgan fingerprint density at radius 3 is 2.67 bits per heavy atom. The maximum atomic E-state index is 10.6. The van der Waals surface area contributed by atoms with E-state index in [2.05, 4.69) is 10.2 Å². The first kappa shape index (κ1) is 8.54. The molecule has 0 bridgehead atoms. The number of nitrogens with one attached hydrogen (secondary N) is 1. The van der Waals surface area contributed by atoms with Crippen molar-refractivity contribution in [3.63, 3.8) is 0 Å². The summed E-state index contributed by atoms with van der Waals surface area (Å²) < 4.78 is 0. The maximum Gasteiger partial charge on any atom is 0.341 e. The van der Waals surface area contributed by atoms with Gasteiger partial charge < -0.3 is 15.9 Å². The van der Waals surface area contributed by atoms with Crippen LogP contribution in [0.2, 0.25) is 0 Å². The van der Waals surface area contributed by atoms with E-state index in [4.69, 9.17) is 15.9 Å². The summed E-state index contributed by atoms with van der Waals surface area (Å²) in [7, 11) is 0. The number of aromatic nitrogens is 2. The molecule has 1 aromatic heterocycles. The van der Waals surface area contributed by atoms with Gasteiger partial charge in [-0.25, -0.2) is 4.79 Å². The summed E-state index contributed by atoms with van der Waals surface area (Å²) >= 11 is 0. The molecular weight excluding hydrogens is 162 g/mol. The number of nitrogen functional groups attached to an aromatic ring is 1. The van der Waals surface area contributed by atoms with Gasteiger partial charge in [-0.2, -0.15) is 5.10 Å². The zero-order valence-electron chi connectivity index (χ0n) is 6.40. The molecule has 0 radical (unpaired) electrons. The lowest BCUT2D eigenvalue weighted by Gasteiger charge is -2.00. The summed E-state index contributed by atoms with van der Waals surface area (Å²) in [4.78, 5) is 10.6. The molecule has 0 aliphatic heterocycles. The lowest BCUT2D eigenvalue weighted by Crippen LogP contribution is -2.05. The minimum Gasteiger partial charge on any atom is -0.477 e. The van der Waals surface area contributed by atoms with Crippen molar-refractivity contribution in [2.75, 3.05) is 5.73 Å². The Kier molecular flexibility index (Phi) is 2.01. The fourth-order valence-electron chi connectivity index (χ4n) is 0.897. The molecule has 1 rings (SSSR count). The molecule has 5 N–H and O–H groups in total. The monoisotopic (exact) mass is 171 g/mol. The van der Waals surface area contributed by atoms with Crippen LogP contribution in [0.4, 0.5) is 5.82 Å². The Morgan fingerprint density at radius 2 is 2.33 bits per heavy atom. The number of nitrogens with two attached hydrogens (primary N) is 1. The fourth-order valence-corrected chi connectivity index (χ4v) is 0.897. The largest absolute Gasteiger partial charge is 0.477 e. The van der Waals surface area contributed by atoms with Gasteiger partial charge in [0.05, 0.1) is 11.8 Å². The van der Waals surface area contributed by atoms with Gasteiger partial charge in [-0.05, 0) is 6.92 Å². The van der Waals surface area contributed by atoms with E-state index in [1.54, 1.807) is 0 Å². The molecule has 1 aromatic rings. The Balaban J connectivity index is 3.21. The number of carboxylic acid groups (broad SMARTS) is 1. The molecular formula is C6H9N3O3. The predicted molar refractivity (Wildman–Crippen MR) is 40.6 cm³/mol. The van der Waals surface area contributed by atoms with Crippen molar-refractivity contribution in [3.8, 4) is 0 Å². The summed E-state index contributed by atoms with van der Waals surface area (Å²) in [6.45, 7) is 1.43. The minimum absolute atomic E-state index is 0.113. The van der Waals surface area contributed by atoms with Crippen molar-refractivity contribution in [1.82, 2.24) is 10.2 Å². The lowest BCUT2D eigenvalue weighted by molar-refractivity contribution is 0.0691. The van der Waals surface area contributed by atoms with Crippen LogP contribution < -0.4 is 5.73 Å². The third kappa shape index (κ3) is 1.24. The number of aromatic carboxylic acids is 1. The molecule has 0 fully saturated rings. The van der Waals surface area contributed by atoms with Crippen LogP contribution in [0.1, 0.15) is 29.1 Å². The summed E-state index contributed by atoms with van der Waals surface area (Å²) in [5.74, 6) is -1.31. The predicted octanol–water partition coefficient (Wildman–Crippen LogP) is -0.257. The lowest BCUT2D eigenvalue weighted by atomic mass is 10.1. The second-order valence-electron chi connectivity index (χ2n) is 2.38. The number of hydrogen-bond donors (Lipinski definition) is 4. The first-order valence-electron chi connectivity index (χ1n) is 3.29. The van der Waals surface area contributed by atoms with Gasteiger partial charge in [0.25, 0.3) is 0 Å². The van der Waals surface area contributed by atoms with Crippen molar-refractivity contribution in [3.05, 3.63) is 11.3 Å². The number of aliphatic hydroxyl groups is 1. The summed E-state index contributed by atoms with van der Waals surface area (Å²) in [6.07, 6.45) is -0.916. The molecule has 0 aromatic carbocycles. The number of nitrogens with zero attached hydrogens (tertiary/aromatic N) is 1. The van der Waals surface area contributed by atoms with E-state index < -0.39 is 12.1 Å². The smallest absolute Gasteiger partial charge is 0.341 e. The number of rotatable bonds is 2. The molecule has 0 aliphatic carbocycles. The number of anilines is 1. The normalized spacial score (nSPS) is 12.8. The zero-order chi connectivity index (χ0) is 9.30. The van der Waals surface area contributed by atoms with Gasteiger partial charge >= 0.3 is 5.97 Å². The standard InChI is InChI=1S/C6H9N3O3/c1-2(10)4-3(6(11)12)5(7)9-8-4/h2,10H,1H3,(H,11,12)(H3,7,8,9). The molecule has 6 nitrogen and oxygen atoms in total. The van der Waals surface area contributed by atoms with Gasteiger partial charge in [0.2, 0.25) is 0 Å². The quantitative estimate of drug-likeness (QED) is 0.489. The molecule has 1 unspecified atom stereocenters. The highest BCUT2D eigenvalue weighted by atomic mass is 16.4. The molecule has 12 heavy (non-hydrogen) atoms. The van der Waals surface area contributed by atoms with Gasteiger partial charge in [-0.1, -0.05) is 0 Å². The average Bonchev–Trinajstić information content (AvgIpc) is 2.30. The van der Waals surface area contributed by atoms with Gasteiger partial charge in [0, 0.05) is 0 Å². The van der Waals surface area contributed by atoms with E-state index in [1.165, 1.54) is 6.92 Å². The van der Waals surface area contributed by atoms with Crippen molar-refractivity contribution in [2.24, 2.45) is 0 Å². The summed E-state index contributed by atoms with van der Waals surface area (Å²) in [5, 5.41) is 23.5. The Hall–Kier alpha value is -1.56. The second-order valence-corrected chi connectivity index (χ2v) is 2.38. The van der Waals surface area contributed by atoms with E-state index in [0.717, 1.165) is 0 Å². The maximum absolute atomic E-state index is 10.6. The molecule has 0 amide bonds. The molecule has 6 heteroatoms. The number of H-pyrrole nitrogens is 1. The van der Waals surface area contributed by atoms with Crippen LogP contribution >= 0.6 is 0 Å².